The van der Waals surface area contributed by atoms with Gasteiger partial charge in [-0.3, -0.25) is 9.59 Å². The van der Waals surface area contributed by atoms with Gasteiger partial charge in [-0.1, -0.05) is 6.07 Å². The molecule has 24 heavy (non-hydrogen) atoms. The van der Waals surface area contributed by atoms with Crippen LogP contribution in [-0.2, 0) is 20.7 Å². The minimum atomic E-state index is -0.0670. The molecule has 0 radical (unpaired) electrons. The summed E-state index contributed by atoms with van der Waals surface area (Å²) in [5, 5.41) is 2.86. The lowest BCUT2D eigenvalue weighted by Crippen LogP contribution is -2.36. The van der Waals surface area contributed by atoms with E-state index in [2.05, 4.69) is 5.32 Å². The van der Waals surface area contributed by atoms with Gasteiger partial charge in [0.15, 0.2) is 0 Å². The molecule has 1 aromatic rings. The standard InChI is InChI=1S/C18H24N2O4/c1-20(18-5-3-11-24-18)17(22)4-2-10-23-14-8-6-13-7-9-16(21)19-15(13)12-14/h6,8,12,18H,2-5,7,9-11H2,1H3,(H,19,21). The van der Waals surface area contributed by atoms with Gasteiger partial charge in [0.2, 0.25) is 11.8 Å². The summed E-state index contributed by atoms with van der Waals surface area (Å²) in [6.07, 6.45) is 4.26. The third-order valence-electron chi connectivity index (χ3n) is 4.51. The van der Waals surface area contributed by atoms with Gasteiger partial charge in [-0.05, 0) is 37.3 Å². The topological polar surface area (TPSA) is 67.9 Å². The normalized spacial score (nSPS) is 19.5. The number of carbonyl (C=O) groups is 2. The van der Waals surface area contributed by atoms with Crippen LogP contribution in [0, 0.1) is 0 Å². The Hall–Kier alpha value is -2.08. The molecule has 2 aliphatic rings. The molecule has 2 amide bonds. The summed E-state index contributed by atoms with van der Waals surface area (Å²) < 4.78 is 11.2. The first-order chi connectivity index (χ1) is 11.6. The summed E-state index contributed by atoms with van der Waals surface area (Å²) >= 11 is 0. The summed E-state index contributed by atoms with van der Waals surface area (Å²) in [6.45, 7) is 1.21. The van der Waals surface area contributed by atoms with Crippen LogP contribution in [0.5, 0.6) is 5.75 Å². The van der Waals surface area contributed by atoms with Crippen molar-refractivity contribution in [1.82, 2.24) is 4.90 Å². The van der Waals surface area contributed by atoms with E-state index in [1.807, 2.05) is 18.2 Å². The Kier molecular flexibility index (Phi) is 5.35. The molecule has 1 fully saturated rings. The van der Waals surface area contributed by atoms with Crippen LogP contribution in [0.25, 0.3) is 0 Å². The van der Waals surface area contributed by atoms with Crippen molar-refractivity contribution in [3.8, 4) is 5.75 Å². The predicted octanol–water partition coefficient (Wildman–Crippen LogP) is 2.33. The lowest BCUT2D eigenvalue weighted by atomic mass is 10.0. The Labute approximate surface area is 142 Å². The Bertz CT molecular complexity index is 611. The number of nitrogens with one attached hydrogen (secondary N) is 1. The van der Waals surface area contributed by atoms with E-state index in [1.165, 1.54) is 0 Å². The number of carbonyl (C=O) groups excluding carboxylic acids is 2. The molecule has 0 bridgehead atoms. The zero-order chi connectivity index (χ0) is 16.9. The summed E-state index contributed by atoms with van der Waals surface area (Å²) in [7, 11) is 1.80. The van der Waals surface area contributed by atoms with Gasteiger partial charge in [0.05, 0.1) is 6.61 Å². The SMILES string of the molecule is CN(C(=O)CCCOc1ccc2c(c1)NC(=O)CC2)C1CCCO1. The highest BCUT2D eigenvalue weighted by atomic mass is 16.5. The summed E-state index contributed by atoms with van der Waals surface area (Å²) in [6, 6.07) is 5.75. The third-order valence-corrected chi connectivity index (χ3v) is 4.51. The maximum atomic E-state index is 12.1. The molecule has 0 aliphatic carbocycles. The molecule has 1 N–H and O–H groups in total. The number of fused-ring (bicyclic) bond motifs is 1. The first-order valence-corrected chi connectivity index (χ1v) is 8.56. The molecular weight excluding hydrogens is 308 g/mol. The van der Waals surface area contributed by atoms with E-state index in [1.54, 1.807) is 11.9 Å². The Balaban J connectivity index is 1.42. The molecule has 2 heterocycles. The second kappa shape index (κ2) is 7.66. The fourth-order valence-electron chi connectivity index (χ4n) is 3.06. The van der Waals surface area contributed by atoms with E-state index in [9.17, 15) is 9.59 Å². The van der Waals surface area contributed by atoms with E-state index in [-0.39, 0.29) is 18.0 Å². The van der Waals surface area contributed by atoms with Crippen LogP contribution in [0.3, 0.4) is 0 Å². The van der Waals surface area contributed by atoms with Crippen molar-refractivity contribution in [2.75, 3.05) is 25.6 Å². The van der Waals surface area contributed by atoms with Crippen molar-refractivity contribution >= 4 is 17.5 Å². The van der Waals surface area contributed by atoms with Crippen molar-refractivity contribution in [2.45, 2.75) is 44.8 Å². The molecule has 6 heteroatoms. The predicted molar refractivity (Wildman–Crippen MR) is 89.9 cm³/mol. The number of hydrogen-bond donors (Lipinski definition) is 1. The van der Waals surface area contributed by atoms with Crippen LogP contribution in [0.15, 0.2) is 18.2 Å². The Morgan fingerprint density at radius 3 is 3.08 bits per heavy atom. The lowest BCUT2D eigenvalue weighted by Gasteiger charge is -2.23. The maximum absolute atomic E-state index is 12.1. The highest BCUT2D eigenvalue weighted by Crippen LogP contribution is 2.27. The van der Waals surface area contributed by atoms with Gasteiger partial charge < -0.3 is 19.7 Å². The van der Waals surface area contributed by atoms with Gasteiger partial charge in [-0.25, -0.2) is 0 Å². The summed E-state index contributed by atoms with van der Waals surface area (Å²) in [5.74, 6) is 0.849. The molecule has 130 valence electrons. The molecule has 3 rings (SSSR count). The highest BCUT2D eigenvalue weighted by molar-refractivity contribution is 5.94. The van der Waals surface area contributed by atoms with Crippen LogP contribution in [0.2, 0.25) is 0 Å². The fourth-order valence-corrected chi connectivity index (χ4v) is 3.06. The number of amides is 2. The van der Waals surface area contributed by atoms with Gasteiger partial charge >= 0.3 is 0 Å². The largest absolute Gasteiger partial charge is 0.494 e. The zero-order valence-corrected chi connectivity index (χ0v) is 14.0. The van der Waals surface area contributed by atoms with Gasteiger partial charge in [0.1, 0.15) is 12.0 Å². The summed E-state index contributed by atoms with van der Waals surface area (Å²) in [4.78, 5) is 25.2. The molecule has 6 nitrogen and oxygen atoms in total. The van der Waals surface area contributed by atoms with Gasteiger partial charge in [0.25, 0.3) is 0 Å². The molecule has 0 aromatic heterocycles. The minimum absolute atomic E-state index is 0.0439. The summed E-state index contributed by atoms with van der Waals surface area (Å²) in [5.41, 5.74) is 1.97. The van der Waals surface area contributed by atoms with E-state index in [0.29, 0.717) is 25.9 Å². The lowest BCUT2D eigenvalue weighted by molar-refractivity contribution is -0.140. The highest BCUT2D eigenvalue weighted by Gasteiger charge is 2.23. The Morgan fingerprint density at radius 1 is 1.42 bits per heavy atom. The van der Waals surface area contributed by atoms with E-state index < -0.39 is 0 Å². The molecule has 2 aliphatic heterocycles. The number of benzene rings is 1. The van der Waals surface area contributed by atoms with Gasteiger partial charge in [0, 0.05) is 38.2 Å². The Morgan fingerprint density at radius 2 is 2.29 bits per heavy atom. The van der Waals surface area contributed by atoms with Crippen molar-refractivity contribution < 1.29 is 19.1 Å². The van der Waals surface area contributed by atoms with E-state index in [0.717, 1.165) is 42.9 Å². The van der Waals surface area contributed by atoms with Crippen molar-refractivity contribution in [3.05, 3.63) is 23.8 Å². The number of aryl methyl sites for hydroxylation is 1. The molecule has 0 spiro atoms. The average molecular weight is 332 g/mol. The number of nitrogens with zero attached hydrogens (tertiary/aromatic N) is 1. The molecule has 1 unspecified atom stereocenters. The fraction of sp³-hybridized carbons (Fsp3) is 0.556. The second-order valence-corrected chi connectivity index (χ2v) is 6.29. The monoisotopic (exact) mass is 332 g/mol. The molecule has 1 aromatic carbocycles. The van der Waals surface area contributed by atoms with Crippen molar-refractivity contribution in [2.24, 2.45) is 0 Å². The molecule has 1 atom stereocenters. The first-order valence-electron chi connectivity index (χ1n) is 8.56. The van der Waals surface area contributed by atoms with Crippen LogP contribution < -0.4 is 10.1 Å². The van der Waals surface area contributed by atoms with E-state index in [4.69, 9.17) is 9.47 Å². The van der Waals surface area contributed by atoms with Crippen LogP contribution in [-0.4, -0.2) is 43.2 Å². The molecule has 1 saturated heterocycles. The quantitative estimate of drug-likeness (QED) is 0.812. The molecule has 0 saturated carbocycles. The average Bonchev–Trinajstić information content (AvgIpc) is 3.12. The van der Waals surface area contributed by atoms with Crippen LogP contribution in [0.1, 0.15) is 37.7 Å². The number of ether oxygens (including phenoxy) is 2. The van der Waals surface area contributed by atoms with Gasteiger partial charge in [-0.15, -0.1) is 0 Å². The first kappa shape index (κ1) is 16.8. The maximum Gasteiger partial charge on any atom is 0.224 e. The third kappa shape index (κ3) is 4.06. The van der Waals surface area contributed by atoms with E-state index >= 15 is 0 Å². The van der Waals surface area contributed by atoms with Gasteiger partial charge in [-0.2, -0.15) is 0 Å². The minimum Gasteiger partial charge on any atom is -0.494 e. The number of anilines is 1. The smallest absolute Gasteiger partial charge is 0.224 e. The van der Waals surface area contributed by atoms with Crippen LogP contribution >= 0.6 is 0 Å². The van der Waals surface area contributed by atoms with Crippen molar-refractivity contribution in [3.63, 3.8) is 0 Å². The molecular formula is C18H24N2O4. The number of rotatable bonds is 6. The van der Waals surface area contributed by atoms with Crippen molar-refractivity contribution in [1.29, 1.82) is 0 Å². The van der Waals surface area contributed by atoms with Crippen LogP contribution in [0.4, 0.5) is 5.69 Å². The number of hydrogen-bond acceptors (Lipinski definition) is 4. The second-order valence-electron chi connectivity index (χ2n) is 6.29. The zero-order valence-electron chi connectivity index (χ0n) is 14.0.